The van der Waals surface area contributed by atoms with Crippen molar-refractivity contribution in [2.24, 2.45) is 10.2 Å². The quantitative estimate of drug-likeness (QED) is 0.758. The molecule has 0 aromatic heterocycles. The predicted octanol–water partition coefficient (Wildman–Crippen LogP) is 2.78. The molecule has 0 radical (unpaired) electrons. The molecular formula is C11H12N2O2S. The molecule has 1 aliphatic rings. The summed E-state index contributed by atoms with van der Waals surface area (Å²) in [5.41, 5.74) is 2.24. The van der Waals surface area contributed by atoms with Gasteiger partial charge in [-0.25, -0.2) is 0 Å². The van der Waals surface area contributed by atoms with Gasteiger partial charge in [-0.05, 0) is 43.3 Å². The third-order valence-electron chi connectivity index (χ3n) is 2.23. The summed E-state index contributed by atoms with van der Waals surface area (Å²) < 4.78 is 10.7. The highest BCUT2D eigenvalue weighted by Crippen LogP contribution is 2.20. The maximum Gasteiger partial charge on any atom is 0.304 e. The average molecular weight is 236 g/mol. The summed E-state index contributed by atoms with van der Waals surface area (Å²) in [4.78, 5) is 0. The molecule has 0 saturated heterocycles. The Morgan fingerprint density at radius 1 is 1.44 bits per heavy atom. The van der Waals surface area contributed by atoms with Gasteiger partial charge >= 0.3 is 5.17 Å². The highest BCUT2D eigenvalue weighted by atomic mass is 32.1. The fraction of sp³-hybridized carbons (Fsp3) is 0.364. The standard InChI is InChI=1S/C11H12N2O2S/c1-7-3-4-8(2)9(5-7)14-6-10-12-13-11(16)15-10/h3-5,10H,6H2,1-2H3. The molecule has 1 aromatic rings. The molecule has 84 valence electrons. The number of ether oxygens (including phenoxy) is 2. The van der Waals surface area contributed by atoms with E-state index in [9.17, 15) is 0 Å². The summed E-state index contributed by atoms with van der Waals surface area (Å²) >= 11 is 4.74. The predicted molar refractivity (Wildman–Crippen MR) is 63.7 cm³/mol. The van der Waals surface area contributed by atoms with E-state index in [1.807, 2.05) is 32.0 Å². The van der Waals surface area contributed by atoms with Gasteiger partial charge in [0.15, 0.2) is 0 Å². The van der Waals surface area contributed by atoms with Crippen LogP contribution in [-0.2, 0) is 4.74 Å². The largest absolute Gasteiger partial charge is 0.487 e. The molecule has 1 aromatic carbocycles. The zero-order valence-corrected chi connectivity index (χ0v) is 9.95. The second-order valence-corrected chi connectivity index (χ2v) is 3.98. The Balaban J connectivity index is 1.97. The molecule has 5 heteroatoms. The third kappa shape index (κ3) is 2.55. The highest BCUT2D eigenvalue weighted by Gasteiger charge is 2.18. The molecule has 1 unspecified atom stereocenters. The molecule has 0 aliphatic carbocycles. The first-order valence-corrected chi connectivity index (χ1v) is 5.37. The summed E-state index contributed by atoms with van der Waals surface area (Å²) in [5.74, 6) is 0.844. The lowest BCUT2D eigenvalue weighted by Crippen LogP contribution is -2.17. The summed E-state index contributed by atoms with van der Waals surface area (Å²) in [7, 11) is 0. The zero-order chi connectivity index (χ0) is 11.5. The van der Waals surface area contributed by atoms with Gasteiger partial charge in [-0.15, -0.1) is 10.2 Å². The van der Waals surface area contributed by atoms with Crippen molar-refractivity contribution in [2.75, 3.05) is 6.61 Å². The molecular weight excluding hydrogens is 224 g/mol. The van der Waals surface area contributed by atoms with Crippen molar-refractivity contribution in [1.82, 2.24) is 0 Å². The Morgan fingerprint density at radius 3 is 2.94 bits per heavy atom. The molecule has 0 bridgehead atoms. The number of azo groups is 1. The number of nitrogens with zero attached hydrogens (tertiary/aromatic N) is 2. The lowest BCUT2D eigenvalue weighted by atomic mass is 10.1. The molecule has 0 N–H and O–H groups in total. The lowest BCUT2D eigenvalue weighted by Gasteiger charge is -2.11. The zero-order valence-electron chi connectivity index (χ0n) is 9.14. The van der Waals surface area contributed by atoms with E-state index >= 15 is 0 Å². The fourth-order valence-electron chi connectivity index (χ4n) is 1.37. The second-order valence-electron chi connectivity index (χ2n) is 3.63. The SMILES string of the molecule is Cc1ccc(C)c(OCC2N=NC(=S)O2)c1. The minimum absolute atomic E-state index is 0.176. The molecule has 0 saturated carbocycles. The maximum absolute atomic E-state index is 5.61. The van der Waals surface area contributed by atoms with Gasteiger partial charge in [0, 0.05) is 0 Å². The lowest BCUT2D eigenvalue weighted by molar-refractivity contribution is 0.140. The number of rotatable bonds is 3. The van der Waals surface area contributed by atoms with Crippen LogP contribution < -0.4 is 4.74 Å². The van der Waals surface area contributed by atoms with E-state index in [-0.39, 0.29) is 5.17 Å². The van der Waals surface area contributed by atoms with Gasteiger partial charge in [0.05, 0.1) is 0 Å². The van der Waals surface area contributed by atoms with E-state index in [0.717, 1.165) is 16.9 Å². The van der Waals surface area contributed by atoms with Gasteiger partial charge in [-0.1, -0.05) is 12.1 Å². The van der Waals surface area contributed by atoms with Gasteiger partial charge < -0.3 is 9.47 Å². The van der Waals surface area contributed by atoms with E-state index < -0.39 is 6.23 Å². The van der Waals surface area contributed by atoms with Crippen LogP contribution in [0.15, 0.2) is 28.4 Å². The normalized spacial score (nSPS) is 18.6. The van der Waals surface area contributed by atoms with Gasteiger partial charge in [0.25, 0.3) is 0 Å². The molecule has 16 heavy (non-hydrogen) atoms. The van der Waals surface area contributed by atoms with Crippen molar-refractivity contribution in [2.45, 2.75) is 20.1 Å². The first kappa shape index (κ1) is 11.0. The number of thiocarbonyl (C=S) groups is 1. The van der Waals surface area contributed by atoms with Crippen molar-refractivity contribution < 1.29 is 9.47 Å². The van der Waals surface area contributed by atoms with Gasteiger partial charge in [0.1, 0.15) is 12.4 Å². The van der Waals surface area contributed by atoms with Gasteiger partial charge in [-0.3, -0.25) is 0 Å². The first-order valence-electron chi connectivity index (χ1n) is 4.96. The Labute approximate surface area is 99.3 Å². The van der Waals surface area contributed by atoms with Crippen molar-refractivity contribution in [3.63, 3.8) is 0 Å². The average Bonchev–Trinajstić information content (AvgIpc) is 2.66. The van der Waals surface area contributed by atoms with Crippen molar-refractivity contribution in [3.05, 3.63) is 29.3 Å². The van der Waals surface area contributed by atoms with E-state index in [1.54, 1.807) is 0 Å². The Kier molecular flexibility index (Phi) is 3.14. The van der Waals surface area contributed by atoms with Crippen LogP contribution in [0.3, 0.4) is 0 Å². The number of hydrogen-bond donors (Lipinski definition) is 0. The third-order valence-corrected chi connectivity index (χ3v) is 2.41. The smallest absolute Gasteiger partial charge is 0.304 e. The van der Waals surface area contributed by atoms with Gasteiger partial charge in [0.2, 0.25) is 6.23 Å². The molecule has 1 heterocycles. The number of hydrogen-bond acceptors (Lipinski definition) is 4. The first-order chi connectivity index (χ1) is 7.65. The minimum Gasteiger partial charge on any atom is -0.487 e. The molecule has 1 atom stereocenters. The highest BCUT2D eigenvalue weighted by molar-refractivity contribution is 7.80. The molecule has 0 fully saturated rings. The Bertz CT molecular complexity index is 446. The molecule has 4 nitrogen and oxygen atoms in total. The molecule has 0 spiro atoms. The van der Waals surface area contributed by atoms with Crippen LogP contribution in [0.5, 0.6) is 5.75 Å². The van der Waals surface area contributed by atoms with Crippen LogP contribution in [-0.4, -0.2) is 18.0 Å². The van der Waals surface area contributed by atoms with Crippen LogP contribution in [0.2, 0.25) is 0 Å². The Hall–Kier alpha value is -1.49. The van der Waals surface area contributed by atoms with Crippen LogP contribution >= 0.6 is 12.2 Å². The van der Waals surface area contributed by atoms with Crippen LogP contribution in [0.1, 0.15) is 11.1 Å². The minimum atomic E-state index is -0.410. The van der Waals surface area contributed by atoms with Crippen molar-refractivity contribution >= 4 is 17.4 Å². The number of aryl methyl sites for hydroxylation is 2. The second kappa shape index (κ2) is 4.57. The van der Waals surface area contributed by atoms with E-state index in [2.05, 4.69) is 10.2 Å². The summed E-state index contributed by atoms with van der Waals surface area (Å²) in [6.45, 7) is 4.34. The summed E-state index contributed by atoms with van der Waals surface area (Å²) in [5, 5.41) is 7.62. The maximum atomic E-state index is 5.61. The van der Waals surface area contributed by atoms with Crippen molar-refractivity contribution in [3.8, 4) is 5.75 Å². The van der Waals surface area contributed by atoms with Crippen molar-refractivity contribution in [1.29, 1.82) is 0 Å². The monoisotopic (exact) mass is 236 g/mol. The summed E-state index contributed by atoms with van der Waals surface area (Å²) in [6, 6.07) is 6.05. The summed E-state index contributed by atoms with van der Waals surface area (Å²) in [6.07, 6.45) is -0.410. The Morgan fingerprint density at radius 2 is 2.25 bits per heavy atom. The van der Waals surface area contributed by atoms with Gasteiger partial charge in [-0.2, -0.15) is 0 Å². The van der Waals surface area contributed by atoms with Crippen LogP contribution in [0.4, 0.5) is 0 Å². The van der Waals surface area contributed by atoms with Crippen LogP contribution in [0.25, 0.3) is 0 Å². The topological polar surface area (TPSA) is 43.2 Å². The van der Waals surface area contributed by atoms with E-state index in [4.69, 9.17) is 21.7 Å². The molecule has 2 rings (SSSR count). The van der Waals surface area contributed by atoms with E-state index in [1.165, 1.54) is 0 Å². The number of benzene rings is 1. The van der Waals surface area contributed by atoms with E-state index in [0.29, 0.717) is 6.61 Å². The molecule has 1 aliphatic heterocycles. The molecule has 0 amide bonds. The fourth-order valence-corrected chi connectivity index (χ4v) is 1.52. The van der Waals surface area contributed by atoms with Crippen LogP contribution in [0, 0.1) is 13.8 Å².